The summed E-state index contributed by atoms with van der Waals surface area (Å²) in [7, 11) is 3.05. The lowest BCUT2D eigenvalue weighted by molar-refractivity contribution is -0.136. The molecule has 0 aliphatic carbocycles. The third-order valence-corrected chi connectivity index (χ3v) is 10.3. The molecule has 2 aliphatic heterocycles. The lowest BCUT2D eigenvalue weighted by Crippen LogP contribution is -2.57. The number of fused-ring (bicyclic) bond motifs is 2. The first-order chi connectivity index (χ1) is 25.2. The molecule has 0 radical (unpaired) electrons. The van der Waals surface area contributed by atoms with Crippen molar-refractivity contribution >= 4 is 75.0 Å². The van der Waals surface area contributed by atoms with E-state index in [2.05, 4.69) is 21.3 Å². The molecule has 1 aromatic heterocycles. The highest BCUT2D eigenvalue weighted by atomic mass is 35.5. The fraction of sp³-hybridized carbons (Fsp3) is 0.324. The SMILES string of the molecule is COc1cc(Nc2c(C#N)cnc3cc(OCCCN4CCN(C(=O)[C@H](CSC)N5C(=O)c6ccccc6C5=O)CC4)c(OC)cc23)c(Cl)cc1Cl. The van der Waals surface area contributed by atoms with Crippen molar-refractivity contribution in [2.45, 2.75) is 12.5 Å². The summed E-state index contributed by atoms with van der Waals surface area (Å²) in [5.74, 6) is 0.689. The second-order valence-corrected chi connectivity index (χ2v) is 13.9. The van der Waals surface area contributed by atoms with Crippen LogP contribution < -0.4 is 19.5 Å². The molecule has 3 aromatic carbocycles. The van der Waals surface area contributed by atoms with Gasteiger partial charge in [0.25, 0.3) is 11.8 Å². The minimum absolute atomic E-state index is 0.208. The quantitative estimate of drug-likeness (QED) is 0.125. The van der Waals surface area contributed by atoms with Gasteiger partial charge < -0.3 is 24.4 Å². The van der Waals surface area contributed by atoms with Gasteiger partial charge in [-0.2, -0.15) is 17.0 Å². The number of benzene rings is 3. The van der Waals surface area contributed by atoms with Gasteiger partial charge in [0.15, 0.2) is 11.5 Å². The standard InChI is InChI=1S/C37H36Cl2N6O6S/c1-49-31-18-29(26(38)16-27(31)39)42-34-22(19-40)20-41-28-17-33(32(50-2)15-25(28)34)51-14-6-9-43-10-12-44(13-11-43)37(48)30(21-52-3)45-35(46)23-7-4-5-8-24(23)36(45)47/h4-5,7-8,15-18,20,30H,6,9-14,21H2,1-3H3,(H,41,42)/t30-/m0/s1. The number of pyridine rings is 1. The number of ether oxygens (including phenoxy) is 3. The van der Waals surface area contributed by atoms with E-state index in [4.69, 9.17) is 37.4 Å². The highest BCUT2D eigenvalue weighted by molar-refractivity contribution is 7.98. The van der Waals surface area contributed by atoms with Crippen LogP contribution in [0.2, 0.25) is 10.0 Å². The Morgan fingerprint density at radius 1 is 0.981 bits per heavy atom. The average molecular weight is 764 g/mol. The first-order valence-corrected chi connectivity index (χ1v) is 18.6. The lowest BCUT2D eigenvalue weighted by atomic mass is 10.1. The fourth-order valence-electron chi connectivity index (χ4n) is 6.39. The van der Waals surface area contributed by atoms with Crippen LogP contribution in [0.25, 0.3) is 10.9 Å². The number of hydrogen-bond donors (Lipinski definition) is 1. The number of nitrogens with one attached hydrogen (secondary N) is 1. The van der Waals surface area contributed by atoms with E-state index >= 15 is 0 Å². The summed E-state index contributed by atoms with van der Waals surface area (Å²) in [6, 6.07) is 14.8. The number of aromatic nitrogens is 1. The Bertz CT molecular complexity index is 2030. The molecule has 6 rings (SSSR count). The maximum Gasteiger partial charge on any atom is 0.262 e. The molecule has 3 heterocycles. The van der Waals surface area contributed by atoms with Crippen LogP contribution in [0.15, 0.2) is 54.7 Å². The predicted molar refractivity (Wildman–Crippen MR) is 202 cm³/mol. The minimum atomic E-state index is -0.856. The molecular formula is C37H36Cl2N6O6S. The molecule has 1 saturated heterocycles. The normalized spacial score (nSPS) is 15.0. The van der Waals surface area contributed by atoms with E-state index in [1.165, 1.54) is 25.1 Å². The smallest absolute Gasteiger partial charge is 0.262 e. The first kappa shape index (κ1) is 37.0. The predicted octanol–water partition coefficient (Wildman–Crippen LogP) is 6.11. The third-order valence-electron chi connectivity index (χ3n) is 9.08. The molecule has 0 bridgehead atoms. The Morgan fingerprint density at radius 3 is 2.31 bits per heavy atom. The fourth-order valence-corrected chi connectivity index (χ4v) is 7.50. The van der Waals surface area contributed by atoms with Crippen molar-refractivity contribution in [1.82, 2.24) is 19.7 Å². The van der Waals surface area contributed by atoms with E-state index in [9.17, 15) is 19.6 Å². The van der Waals surface area contributed by atoms with Crippen LogP contribution >= 0.6 is 35.0 Å². The summed E-state index contributed by atoms with van der Waals surface area (Å²) in [5, 5.41) is 14.5. The molecule has 1 fully saturated rings. The number of imide groups is 1. The number of carbonyl (C=O) groups excluding carboxylic acids is 3. The maximum atomic E-state index is 13.7. The van der Waals surface area contributed by atoms with Crippen molar-refractivity contribution in [3.8, 4) is 23.3 Å². The number of anilines is 2. The van der Waals surface area contributed by atoms with Crippen LogP contribution in [0, 0.1) is 11.3 Å². The molecule has 1 N–H and O–H groups in total. The van der Waals surface area contributed by atoms with Crippen LogP contribution in [-0.4, -0.2) is 109 Å². The summed E-state index contributed by atoms with van der Waals surface area (Å²) < 4.78 is 17.2. The Balaban J connectivity index is 1.06. The van der Waals surface area contributed by atoms with Gasteiger partial charge in [-0.05, 0) is 36.9 Å². The maximum absolute atomic E-state index is 13.7. The summed E-state index contributed by atoms with van der Waals surface area (Å²) >= 11 is 14.1. The molecule has 1 atom stereocenters. The van der Waals surface area contributed by atoms with Gasteiger partial charge in [0, 0.05) is 62.2 Å². The second kappa shape index (κ2) is 16.3. The van der Waals surface area contributed by atoms with E-state index in [1.54, 1.807) is 60.5 Å². The van der Waals surface area contributed by atoms with Crippen molar-refractivity contribution in [1.29, 1.82) is 5.26 Å². The summed E-state index contributed by atoms with van der Waals surface area (Å²) in [5.41, 5.74) is 2.55. The van der Waals surface area contributed by atoms with Gasteiger partial charge in [0.1, 0.15) is 17.9 Å². The Labute approximate surface area is 315 Å². The molecule has 0 saturated carbocycles. The van der Waals surface area contributed by atoms with Gasteiger partial charge in [-0.15, -0.1) is 0 Å². The van der Waals surface area contributed by atoms with Crippen molar-refractivity contribution < 1.29 is 28.6 Å². The zero-order valence-electron chi connectivity index (χ0n) is 28.8. The largest absolute Gasteiger partial charge is 0.495 e. The Kier molecular flexibility index (Phi) is 11.6. The number of halogens is 2. The number of piperazine rings is 1. The van der Waals surface area contributed by atoms with E-state index < -0.39 is 17.9 Å². The Hall–Kier alpha value is -4.74. The molecule has 52 heavy (non-hydrogen) atoms. The van der Waals surface area contributed by atoms with Gasteiger partial charge in [-0.25, -0.2) is 0 Å². The van der Waals surface area contributed by atoms with Crippen molar-refractivity contribution in [3.05, 3.63) is 81.5 Å². The van der Waals surface area contributed by atoms with E-state index in [0.29, 0.717) is 111 Å². The molecule has 4 aromatic rings. The zero-order chi connectivity index (χ0) is 36.9. The number of hydrogen-bond acceptors (Lipinski definition) is 11. The van der Waals surface area contributed by atoms with Gasteiger partial charge in [-0.3, -0.25) is 29.2 Å². The summed E-state index contributed by atoms with van der Waals surface area (Å²) in [4.78, 5) is 49.6. The van der Waals surface area contributed by atoms with Gasteiger partial charge in [0.05, 0.1) is 64.5 Å². The van der Waals surface area contributed by atoms with Crippen LogP contribution in [0.5, 0.6) is 17.2 Å². The highest BCUT2D eigenvalue weighted by Gasteiger charge is 2.44. The number of amides is 3. The molecule has 0 spiro atoms. The molecule has 270 valence electrons. The summed E-state index contributed by atoms with van der Waals surface area (Å²) in [6.07, 6.45) is 4.05. The second-order valence-electron chi connectivity index (χ2n) is 12.1. The van der Waals surface area contributed by atoms with Gasteiger partial charge in [-0.1, -0.05) is 35.3 Å². The molecule has 3 amide bonds. The van der Waals surface area contributed by atoms with Crippen LogP contribution in [0.4, 0.5) is 11.4 Å². The Morgan fingerprint density at radius 2 is 1.67 bits per heavy atom. The van der Waals surface area contributed by atoms with E-state index in [-0.39, 0.29) is 5.91 Å². The lowest BCUT2D eigenvalue weighted by Gasteiger charge is -2.37. The van der Waals surface area contributed by atoms with Gasteiger partial charge >= 0.3 is 0 Å². The number of carbonyl (C=O) groups is 3. The molecule has 2 aliphatic rings. The van der Waals surface area contributed by atoms with E-state index in [0.717, 1.165) is 11.4 Å². The van der Waals surface area contributed by atoms with Gasteiger partial charge in [0.2, 0.25) is 5.91 Å². The first-order valence-electron chi connectivity index (χ1n) is 16.5. The number of nitriles is 1. The monoisotopic (exact) mass is 762 g/mol. The van der Waals surface area contributed by atoms with Crippen molar-refractivity contribution in [2.24, 2.45) is 0 Å². The highest BCUT2D eigenvalue weighted by Crippen LogP contribution is 2.40. The van der Waals surface area contributed by atoms with Crippen molar-refractivity contribution in [2.75, 3.05) is 70.9 Å². The number of rotatable bonds is 13. The zero-order valence-corrected chi connectivity index (χ0v) is 31.1. The van der Waals surface area contributed by atoms with Crippen LogP contribution in [0.3, 0.4) is 0 Å². The topological polar surface area (TPSA) is 137 Å². The number of methoxy groups -OCH3 is 2. The molecule has 0 unspecified atom stereocenters. The number of nitrogens with zero attached hydrogens (tertiary/aromatic N) is 5. The van der Waals surface area contributed by atoms with Crippen molar-refractivity contribution in [3.63, 3.8) is 0 Å². The molecular weight excluding hydrogens is 727 g/mol. The molecule has 12 nitrogen and oxygen atoms in total. The minimum Gasteiger partial charge on any atom is -0.495 e. The van der Waals surface area contributed by atoms with Crippen LogP contribution in [-0.2, 0) is 4.79 Å². The molecule has 15 heteroatoms. The third kappa shape index (κ3) is 7.43. The number of thioether (sulfide) groups is 1. The summed E-state index contributed by atoms with van der Waals surface area (Å²) in [6.45, 7) is 3.44. The van der Waals surface area contributed by atoms with E-state index in [1.807, 2.05) is 6.26 Å². The van der Waals surface area contributed by atoms with Crippen LogP contribution in [0.1, 0.15) is 32.7 Å². The average Bonchev–Trinajstić information content (AvgIpc) is 3.41.